The number of rotatable bonds is 6. The Morgan fingerprint density at radius 1 is 1.27 bits per heavy atom. The molecular weight excluding hydrogens is 333 g/mol. The number of ether oxygens (including phenoxy) is 1. The molecule has 3 rings (SSSR count). The number of hydrogen-bond donors (Lipinski definition) is 0. The van der Waals surface area contributed by atoms with E-state index >= 15 is 0 Å². The van der Waals surface area contributed by atoms with Crippen molar-refractivity contribution in [1.82, 2.24) is 14.7 Å². The Kier molecular flexibility index (Phi) is 6.14. The van der Waals surface area contributed by atoms with Gasteiger partial charge in [0.05, 0.1) is 6.04 Å². The molecule has 0 aromatic heterocycles. The summed E-state index contributed by atoms with van der Waals surface area (Å²) < 4.78 is 19.0. The lowest BCUT2D eigenvalue weighted by Crippen LogP contribution is -2.41. The third-order valence-electron chi connectivity index (χ3n) is 5.63. The number of hydrogen-bond acceptors (Lipinski definition) is 3. The van der Waals surface area contributed by atoms with Crippen molar-refractivity contribution in [3.8, 4) is 0 Å². The van der Waals surface area contributed by atoms with Gasteiger partial charge in [-0.1, -0.05) is 12.1 Å². The molecule has 2 heterocycles. The minimum atomic E-state index is -0.238. The molecule has 0 spiro atoms. The number of benzene rings is 1. The Morgan fingerprint density at radius 2 is 2.08 bits per heavy atom. The Bertz CT molecular complexity index is 625. The molecule has 0 saturated carbocycles. The molecule has 144 valence electrons. The van der Waals surface area contributed by atoms with E-state index in [-0.39, 0.29) is 17.9 Å². The van der Waals surface area contributed by atoms with Gasteiger partial charge >= 0.3 is 6.03 Å². The largest absolute Gasteiger partial charge is 0.385 e. The van der Waals surface area contributed by atoms with E-state index in [2.05, 4.69) is 4.90 Å². The van der Waals surface area contributed by atoms with Gasteiger partial charge in [-0.25, -0.2) is 9.18 Å². The molecule has 0 aliphatic carbocycles. The van der Waals surface area contributed by atoms with Gasteiger partial charge in [-0.15, -0.1) is 0 Å². The second-order valence-electron chi connectivity index (χ2n) is 7.71. The van der Waals surface area contributed by atoms with Gasteiger partial charge in [-0.3, -0.25) is 0 Å². The molecule has 0 unspecified atom stereocenters. The Hall–Kier alpha value is -1.66. The van der Waals surface area contributed by atoms with E-state index in [1.165, 1.54) is 6.07 Å². The smallest absolute Gasteiger partial charge is 0.320 e. The summed E-state index contributed by atoms with van der Waals surface area (Å²) in [5.41, 5.74) is 0.911. The van der Waals surface area contributed by atoms with E-state index in [1.807, 2.05) is 11.0 Å². The van der Waals surface area contributed by atoms with E-state index in [0.717, 1.165) is 51.2 Å². The van der Waals surface area contributed by atoms with Crippen LogP contribution < -0.4 is 0 Å². The highest BCUT2D eigenvalue weighted by Crippen LogP contribution is 2.45. The van der Waals surface area contributed by atoms with Crippen molar-refractivity contribution in [1.29, 1.82) is 0 Å². The molecule has 0 bridgehead atoms. The normalized spacial score (nSPS) is 25.5. The molecule has 2 saturated heterocycles. The van der Waals surface area contributed by atoms with Crippen LogP contribution in [0, 0.1) is 17.7 Å². The van der Waals surface area contributed by atoms with E-state index < -0.39 is 0 Å². The van der Waals surface area contributed by atoms with Crippen LogP contribution in [0.5, 0.6) is 0 Å². The van der Waals surface area contributed by atoms with Crippen LogP contribution in [0.15, 0.2) is 24.3 Å². The standard InChI is InChI=1S/C20H30FN3O2/c1-22(2)20(25)24-13-16-12-23(9-4-5-10-26-3)14-18(16)19(24)15-7-6-8-17(21)11-15/h6-8,11,16,18-19H,4-5,9-10,12-14H2,1-3H3/t16-,18-,19-/m1/s1. The third kappa shape index (κ3) is 4.01. The Morgan fingerprint density at radius 3 is 2.77 bits per heavy atom. The summed E-state index contributed by atoms with van der Waals surface area (Å²) in [4.78, 5) is 18.8. The molecule has 2 aliphatic heterocycles. The number of nitrogens with zero attached hydrogens (tertiary/aromatic N) is 3. The lowest BCUT2D eigenvalue weighted by Gasteiger charge is -2.32. The van der Waals surface area contributed by atoms with Gasteiger partial charge in [0.25, 0.3) is 0 Å². The highest BCUT2D eigenvalue weighted by Gasteiger charge is 2.49. The molecule has 2 fully saturated rings. The average Bonchev–Trinajstić information content (AvgIpc) is 3.15. The van der Waals surface area contributed by atoms with Gasteiger partial charge in [0.2, 0.25) is 0 Å². The Labute approximate surface area is 155 Å². The molecular formula is C20H30FN3O2. The third-order valence-corrected chi connectivity index (χ3v) is 5.63. The molecule has 6 heteroatoms. The highest BCUT2D eigenvalue weighted by molar-refractivity contribution is 5.75. The summed E-state index contributed by atoms with van der Waals surface area (Å²) >= 11 is 0. The van der Waals surface area contributed by atoms with Crippen molar-refractivity contribution in [2.45, 2.75) is 18.9 Å². The first-order chi connectivity index (χ1) is 12.5. The molecule has 0 radical (unpaired) electrons. The van der Waals surface area contributed by atoms with Crippen LogP contribution in [0.1, 0.15) is 24.4 Å². The highest BCUT2D eigenvalue weighted by atomic mass is 19.1. The molecule has 5 nitrogen and oxygen atoms in total. The molecule has 2 amide bonds. The van der Waals surface area contributed by atoms with Crippen molar-refractivity contribution in [3.05, 3.63) is 35.6 Å². The van der Waals surface area contributed by atoms with Gasteiger partial charge in [-0.2, -0.15) is 0 Å². The topological polar surface area (TPSA) is 36.0 Å². The van der Waals surface area contributed by atoms with Gasteiger partial charge in [0.1, 0.15) is 5.82 Å². The zero-order chi connectivity index (χ0) is 18.7. The fourth-order valence-corrected chi connectivity index (χ4v) is 4.47. The summed E-state index contributed by atoms with van der Waals surface area (Å²) in [6, 6.07) is 6.71. The first-order valence-corrected chi connectivity index (χ1v) is 9.46. The monoisotopic (exact) mass is 363 g/mol. The van der Waals surface area contributed by atoms with Gasteiger partial charge in [0, 0.05) is 53.4 Å². The summed E-state index contributed by atoms with van der Waals surface area (Å²) in [7, 11) is 5.29. The fourth-order valence-electron chi connectivity index (χ4n) is 4.47. The molecule has 3 atom stereocenters. The lowest BCUT2D eigenvalue weighted by atomic mass is 9.89. The maximum Gasteiger partial charge on any atom is 0.320 e. The van der Waals surface area contributed by atoms with Crippen LogP contribution in [0.3, 0.4) is 0 Å². The maximum atomic E-state index is 13.8. The summed E-state index contributed by atoms with van der Waals surface area (Å²) in [6.07, 6.45) is 2.19. The number of likely N-dealkylation sites (tertiary alicyclic amines) is 2. The second-order valence-corrected chi connectivity index (χ2v) is 7.71. The molecule has 2 aliphatic rings. The number of urea groups is 1. The Balaban J connectivity index is 1.74. The summed E-state index contributed by atoms with van der Waals surface area (Å²) in [5, 5.41) is 0. The number of methoxy groups -OCH3 is 1. The van der Waals surface area contributed by atoms with Crippen LogP contribution in [0.25, 0.3) is 0 Å². The van der Waals surface area contributed by atoms with Gasteiger partial charge in [-0.05, 0) is 43.0 Å². The van der Waals surface area contributed by atoms with E-state index in [4.69, 9.17) is 4.74 Å². The van der Waals surface area contributed by atoms with Crippen molar-refractivity contribution in [3.63, 3.8) is 0 Å². The number of unbranched alkanes of at least 4 members (excludes halogenated alkanes) is 1. The fraction of sp³-hybridized carbons (Fsp3) is 0.650. The van der Waals surface area contributed by atoms with Crippen molar-refractivity contribution in [2.75, 3.05) is 54.0 Å². The summed E-state index contributed by atoms with van der Waals surface area (Å²) in [5.74, 6) is 0.579. The molecule has 1 aromatic carbocycles. The number of fused-ring (bicyclic) bond motifs is 1. The van der Waals surface area contributed by atoms with Crippen LogP contribution in [-0.4, -0.2) is 74.7 Å². The lowest BCUT2D eigenvalue weighted by molar-refractivity contribution is 0.150. The minimum Gasteiger partial charge on any atom is -0.385 e. The number of halogens is 1. The van der Waals surface area contributed by atoms with Gasteiger partial charge < -0.3 is 19.4 Å². The average molecular weight is 363 g/mol. The van der Waals surface area contributed by atoms with Crippen molar-refractivity contribution >= 4 is 6.03 Å². The number of amides is 2. The first kappa shape index (κ1) is 19.1. The van der Waals surface area contributed by atoms with E-state index in [0.29, 0.717) is 11.8 Å². The molecule has 1 aromatic rings. The zero-order valence-electron chi connectivity index (χ0n) is 16.0. The predicted octanol–water partition coefficient (Wildman–Crippen LogP) is 2.84. The minimum absolute atomic E-state index is 0.0142. The van der Waals surface area contributed by atoms with E-state index in [1.54, 1.807) is 38.2 Å². The molecule has 26 heavy (non-hydrogen) atoms. The second kappa shape index (κ2) is 8.35. The quantitative estimate of drug-likeness (QED) is 0.729. The van der Waals surface area contributed by atoms with Crippen LogP contribution in [-0.2, 0) is 4.74 Å². The summed E-state index contributed by atoms with van der Waals surface area (Å²) in [6.45, 7) is 4.60. The van der Waals surface area contributed by atoms with Gasteiger partial charge in [0.15, 0.2) is 0 Å². The first-order valence-electron chi connectivity index (χ1n) is 9.46. The van der Waals surface area contributed by atoms with Crippen LogP contribution in [0.2, 0.25) is 0 Å². The van der Waals surface area contributed by atoms with Crippen LogP contribution >= 0.6 is 0 Å². The number of carbonyl (C=O) groups excluding carboxylic acids is 1. The van der Waals surface area contributed by atoms with Crippen molar-refractivity contribution in [2.24, 2.45) is 11.8 Å². The zero-order valence-corrected chi connectivity index (χ0v) is 16.0. The maximum absolute atomic E-state index is 13.8. The van der Waals surface area contributed by atoms with E-state index in [9.17, 15) is 9.18 Å². The molecule has 0 N–H and O–H groups in total. The SMILES string of the molecule is COCCCCN1C[C@@H]2CN(C(=O)N(C)C)[C@H](c3cccc(F)c3)[C@@H]2C1. The van der Waals surface area contributed by atoms with Crippen LogP contribution in [0.4, 0.5) is 9.18 Å². The van der Waals surface area contributed by atoms with Crippen molar-refractivity contribution < 1.29 is 13.9 Å². The number of carbonyl (C=O) groups is 1. The predicted molar refractivity (Wildman–Crippen MR) is 99.5 cm³/mol.